The van der Waals surface area contributed by atoms with Crippen molar-refractivity contribution in [1.82, 2.24) is 5.32 Å². The molecular weight excluding hydrogens is 284 g/mol. The smallest absolute Gasteiger partial charge is 0.282 e. The Morgan fingerprint density at radius 3 is 2.80 bits per heavy atom. The molecule has 1 rings (SSSR count). The molecule has 0 saturated carbocycles. The summed E-state index contributed by atoms with van der Waals surface area (Å²) in [6.45, 7) is 5.29. The van der Waals surface area contributed by atoms with Crippen LogP contribution in [0.2, 0.25) is 5.02 Å². The fraction of sp³-hybridized carbons (Fsp3) is 0.462. The number of nitrogens with zero attached hydrogens (tertiary/aromatic N) is 1. The predicted octanol–water partition coefficient (Wildman–Crippen LogP) is 2.65. The van der Waals surface area contributed by atoms with Gasteiger partial charge < -0.3 is 10.1 Å². The summed E-state index contributed by atoms with van der Waals surface area (Å²) >= 11 is 5.76. The van der Waals surface area contributed by atoms with E-state index >= 15 is 0 Å². The molecule has 0 aliphatic carbocycles. The average Bonchev–Trinajstić information content (AvgIpc) is 2.37. The van der Waals surface area contributed by atoms with Gasteiger partial charge in [-0.1, -0.05) is 25.4 Å². The highest BCUT2D eigenvalue weighted by atomic mass is 35.5. The third kappa shape index (κ3) is 5.14. The number of ether oxygens (including phenoxy) is 1. The largest absolute Gasteiger partial charge is 0.379 e. The van der Waals surface area contributed by atoms with E-state index in [2.05, 4.69) is 5.32 Å². The highest BCUT2D eigenvalue weighted by Crippen LogP contribution is 2.22. The maximum Gasteiger partial charge on any atom is 0.282 e. The molecule has 110 valence electrons. The van der Waals surface area contributed by atoms with Crippen LogP contribution in [0.4, 0.5) is 5.69 Å². The minimum Gasteiger partial charge on any atom is -0.379 e. The lowest BCUT2D eigenvalue weighted by Crippen LogP contribution is -2.28. The Kier molecular flexibility index (Phi) is 6.41. The van der Waals surface area contributed by atoms with Crippen LogP contribution in [0, 0.1) is 16.0 Å². The number of hydrogen-bond donors (Lipinski definition) is 1. The average molecular weight is 301 g/mol. The molecule has 20 heavy (non-hydrogen) atoms. The predicted molar refractivity (Wildman–Crippen MR) is 76.1 cm³/mol. The van der Waals surface area contributed by atoms with Crippen molar-refractivity contribution in [2.45, 2.75) is 13.8 Å². The van der Waals surface area contributed by atoms with Gasteiger partial charge in [-0.15, -0.1) is 0 Å². The number of benzene rings is 1. The minimum absolute atomic E-state index is 0.0497. The zero-order valence-electron chi connectivity index (χ0n) is 11.4. The Hall–Kier alpha value is -1.66. The molecule has 0 atom stereocenters. The van der Waals surface area contributed by atoms with Gasteiger partial charge in [0.15, 0.2) is 0 Å². The summed E-state index contributed by atoms with van der Waals surface area (Å²) in [7, 11) is 0. The van der Waals surface area contributed by atoms with Crippen molar-refractivity contribution in [2.75, 3.05) is 19.8 Å². The number of hydrogen-bond acceptors (Lipinski definition) is 4. The Bertz CT molecular complexity index is 491. The molecule has 0 aromatic heterocycles. The molecule has 0 heterocycles. The number of nitrogens with one attached hydrogen (secondary N) is 1. The van der Waals surface area contributed by atoms with Crippen LogP contribution < -0.4 is 5.32 Å². The molecule has 0 radical (unpaired) electrons. The van der Waals surface area contributed by atoms with E-state index in [9.17, 15) is 14.9 Å². The van der Waals surface area contributed by atoms with Crippen molar-refractivity contribution in [3.05, 3.63) is 38.9 Å². The first-order valence-corrected chi connectivity index (χ1v) is 6.59. The van der Waals surface area contributed by atoms with Crippen molar-refractivity contribution in [2.24, 2.45) is 5.92 Å². The lowest BCUT2D eigenvalue weighted by atomic mass is 10.1. The number of carbonyl (C=O) groups excluding carboxylic acids is 1. The number of nitro groups is 1. The normalized spacial score (nSPS) is 10.6. The first-order chi connectivity index (χ1) is 9.41. The second kappa shape index (κ2) is 7.81. The fourth-order valence-corrected chi connectivity index (χ4v) is 1.67. The van der Waals surface area contributed by atoms with E-state index < -0.39 is 10.8 Å². The van der Waals surface area contributed by atoms with Crippen LogP contribution in [0.1, 0.15) is 24.2 Å². The van der Waals surface area contributed by atoms with Crippen LogP contribution in [0.15, 0.2) is 18.2 Å². The Labute approximate surface area is 122 Å². The van der Waals surface area contributed by atoms with Crippen molar-refractivity contribution in [1.29, 1.82) is 0 Å². The molecule has 1 aromatic rings. The molecule has 0 bridgehead atoms. The van der Waals surface area contributed by atoms with Gasteiger partial charge >= 0.3 is 0 Å². The van der Waals surface area contributed by atoms with E-state index in [1.54, 1.807) is 0 Å². The second-order valence-corrected chi connectivity index (χ2v) is 5.08. The molecule has 7 heteroatoms. The maximum atomic E-state index is 11.9. The van der Waals surface area contributed by atoms with E-state index in [4.69, 9.17) is 16.3 Å². The number of amides is 1. The third-order valence-electron chi connectivity index (χ3n) is 2.38. The lowest BCUT2D eigenvalue weighted by Gasteiger charge is -2.08. The summed E-state index contributed by atoms with van der Waals surface area (Å²) < 4.78 is 5.31. The highest BCUT2D eigenvalue weighted by molar-refractivity contribution is 6.31. The second-order valence-electron chi connectivity index (χ2n) is 4.64. The van der Waals surface area contributed by atoms with Gasteiger partial charge in [0.2, 0.25) is 0 Å². The Morgan fingerprint density at radius 2 is 2.20 bits per heavy atom. The van der Waals surface area contributed by atoms with Gasteiger partial charge in [-0.2, -0.15) is 0 Å². The topological polar surface area (TPSA) is 81.5 Å². The van der Waals surface area contributed by atoms with Gasteiger partial charge in [0.1, 0.15) is 5.56 Å². The molecule has 0 fully saturated rings. The summed E-state index contributed by atoms with van der Waals surface area (Å²) in [4.78, 5) is 22.1. The van der Waals surface area contributed by atoms with Crippen molar-refractivity contribution < 1.29 is 14.5 Å². The standard InChI is InChI=1S/C13H17ClN2O4/c1-9(2)8-20-6-5-15-13(17)11-7-10(14)3-4-12(11)16(18)19/h3-4,7,9H,5-6,8H2,1-2H3,(H,15,17). The molecule has 0 aliphatic rings. The minimum atomic E-state index is -0.611. The first kappa shape index (κ1) is 16.4. The van der Waals surface area contributed by atoms with Crippen LogP contribution >= 0.6 is 11.6 Å². The van der Waals surface area contributed by atoms with E-state index in [-0.39, 0.29) is 22.8 Å². The van der Waals surface area contributed by atoms with Gasteiger partial charge in [0.05, 0.1) is 11.5 Å². The number of carbonyl (C=O) groups is 1. The van der Waals surface area contributed by atoms with Gasteiger partial charge in [0, 0.05) is 24.2 Å². The summed E-state index contributed by atoms with van der Waals surface area (Å²) in [5, 5.41) is 13.7. The summed E-state index contributed by atoms with van der Waals surface area (Å²) in [6.07, 6.45) is 0. The molecular formula is C13H17ClN2O4. The van der Waals surface area contributed by atoms with Crippen LogP contribution in [0.5, 0.6) is 0 Å². The summed E-state index contributed by atoms with van der Waals surface area (Å²) in [5.74, 6) is -0.118. The Balaban J connectivity index is 2.59. The number of nitro benzene ring substituents is 1. The number of rotatable bonds is 7. The highest BCUT2D eigenvalue weighted by Gasteiger charge is 2.20. The quantitative estimate of drug-likeness (QED) is 0.477. The van der Waals surface area contributed by atoms with Crippen molar-refractivity contribution in [3.8, 4) is 0 Å². The third-order valence-corrected chi connectivity index (χ3v) is 2.62. The molecule has 6 nitrogen and oxygen atoms in total. The van der Waals surface area contributed by atoms with Gasteiger partial charge in [-0.25, -0.2) is 0 Å². The zero-order chi connectivity index (χ0) is 15.1. The maximum absolute atomic E-state index is 11.9. The Morgan fingerprint density at radius 1 is 1.50 bits per heavy atom. The molecule has 0 saturated heterocycles. The zero-order valence-corrected chi connectivity index (χ0v) is 12.1. The molecule has 1 amide bonds. The molecule has 1 aromatic carbocycles. The molecule has 1 N–H and O–H groups in total. The fourth-order valence-electron chi connectivity index (χ4n) is 1.50. The van der Waals surface area contributed by atoms with E-state index in [0.29, 0.717) is 19.1 Å². The number of halogens is 1. The van der Waals surface area contributed by atoms with Gasteiger partial charge in [-0.05, 0) is 18.1 Å². The van der Waals surface area contributed by atoms with Crippen LogP contribution in [-0.4, -0.2) is 30.6 Å². The SMILES string of the molecule is CC(C)COCCNC(=O)c1cc(Cl)ccc1[N+](=O)[O-]. The monoisotopic (exact) mass is 300 g/mol. The summed E-state index contributed by atoms with van der Waals surface area (Å²) in [6, 6.07) is 3.87. The first-order valence-electron chi connectivity index (χ1n) is 6.21. The van der Waals surface area contributed by atoms with E-state index in [0.717, 1.165) is 0 Å². The van der Waals surface area contributed by atoms with E-state index in [1.807, 2.05) is 13.8 Å². The van der Waals surface area contributed by atoms with Crippen LogP contribution in [0.25, 0.3) is 0 Å². The lowest BCUT2D eigenvalue weighted by molar-refractivity contribution is -0.385. The van der Waals surface area contributed by atoms with Crippen molar-refractivity contribution in [3.63, 3.8) is 0 Å². The molecule has 0 aliphatic heterocycles. The van der Waals surface area contributed by atoms with Crippen LogP contribution in [0.3, 0.4) is 0 Å². The van der Waals surface area contributed by atoms with Gasteiger partial charge in [0.25, 0.3) is 11.6 Å². The van der Waals surface area contributed by atoms with Crippen LogP contribution in [-0.2, 0) is 4.74 Å². The molecule has 0 spiro atoms. The van der Waals surface area contributed by atoms with E-state index in [1.165, 1.54) is 18.2 Å². The summed E-state index contributed by atoms with van der Waals surface area (Å²) in [5.41, 5.74) is -0.318. The molecule has 0 unspecified atom stereocenters. The van der Waals surface area contributed by atoms with Crippen molar-refractivity contribution >= 4 is 23.2 Å². The van der Waals surface area contributed by atoms with Gasteiger partial charge in [-0.3, -0.25) is 14.9 Å².